The Hall–Kier alpha value is -1.55. The number of guanidine groups is 1. The molecule has 1 fully saturated rings. The monoisotopic (exact) mass is 503 g/mol. The van der Waals surface area contributed by atoms with Gasteiger partial charge in [-0.3, -0.25) is 0 Å². The molecule has 28 heavy (non-hydrogen) atoms. The molecule has 0 bridgehead atoms. The maximum Gasteiger partial charge on any atom is 0.319 e. The molecule has 1 heterocycles. The van der Waals surface area contributed by atoms with Crippen LogP contribution in [0.3, 0.4) is 0 Å². The first-order chi connectivity index (χ1) is 12.9. The average Bonchev–Trinajstić information content (AvgIpc) is 3.05. The van der Waals surface area contributed by atoms with Crippen LogP contribution in [0.15, 0.2) is 29.3 Å². The minimum Gasteiger partial charge on any atom is -0.373 e. The molecule has 0 aromatic heterocycles. The summed E-state index contributed by atoms with van der Waals surface area (Å²) in [4.78, 5) is 16.4. The Balaban J connectivity index is 0.00000392. The predicted molar refractivity (Wildman–Crippen MR) is 126 cm³/mol. The van der Waals surface area contributed by atoms with Gasteiger partial charge >= 0.3 is 6.03 Å². The summed E-state index contributed by atoms with van der Waals surface area (Å²) >= 11 is 0. The van der Waals surface area contributed by atoms with Crippen LogP contribution in [0.4, 0.5) is 10.5 Å². The highest BCUT2D eigenvalue weighted by molar-refractivity contribution is 14.0. The maximum atomic E-state index is 11.7. The van der Waals surface area contributed by atoms with Crippen LogP contribution in [0.1, 0.15) is 46.1 Å². The van der Waals surface area contributed by atoms with Crippen LogP contribution in [-0.4, -0.2) is 43.3 Å². The van der Waals surface area contributed by atoms with Crippen LogP contribution in [0, 0.1) is 0 Å². The van der Waals surface area contributed by atoms with Gasteiger partial charge in [0.05, 0.1) is 12.1 Å². The Morgan fingerprint density at radius 2 is 1.96 bits per heavy atom. The number of rotatable bonds is 7. The number of carbonyl (C=O) groups excluding carboxylic acids is 1. The minimum absolute atomic E-state index is 0. The number of urea groups is 1. The van der Waals surface area contributed by atoms with Gasteiger partial charge in [0.15, 0.2) is 5.96 Å². The number of anilines is 1. The number of carbonyl (C=O) groups is 1. The number of amides is 2. The van der Waals surface area contributed by atoms with Gasteiger partial charge < -0.3 is 26.0 Å². The lowest BCUT2D eigenvalue weighted by atomic mass is 10.0. The Morgan fingerprint density at radius 3 is 2.54 bits per heavy atom. The van der Waals surface area contributed by atoms with E-state index in [0.717, 1.165) is 49.7 Å². The zero-order chi connectivity index (χ0) is 19.7. The van der Waals surface area contributed by atoms with Crippen LogP contribution in [-0.2, 0) is 11.3 Å². The molecule has 0 saturated carbocycles. The van der Waals surface area contributed by atoms with Crippen molar-refractivity contribution in [3.05, 3.63) is 29.8 Å². The molecule has 1 atom stereocenters. The van der Waals surface area contributed by atoms with E-state index in [4.69, 9.17) is 4.74 Å². The highest BCUT2D eigenvalue weighted by Gasteiger charge is 2.29. The summed E-state index contributed by atoms with van der Waals surface area (Å²) in [5.74, 6) is 0.785. The molecule has 1 aliphatic heterocycles. The number of hydrogen-bond acceptors (Lipinski definition) is 3. The fourth-order valence-corrected chi connectivity index (χ4v) is 2.88. The van der Waals surface area contributed by atoms with E-state index in [1.165, 1.54) is 0 Å². The van der Waals surface area contributed by atoms with E-state index < -0.39 is 0 Å². The molecule has 2 amide bonds. The zero-order valence-corrected chi connectivity index (χ0v) is 19.6. The third kappa shape index (κ3) is 8.64. The Bertz CT molecular complexity index is 628. The summed E-state index contributed by atoms with van der Waals surface area (Å²) in [7, 11) is 0. The van der Waals surface area contributed by atoms with E-state index in [1.807, 2.05) is 45.0 Å². The molecule has 0 aliphatic carbocycles. The smallest absolute Gasteiger partial charge is 0.319 e. The van der Waals surface area contributed by atoms with Crippen LogP contribution in [0.2, 0.25) is 0 Å². The summed E-state index contributed by atoms with van der Waals surface area (Å²) in [6.07, 6.45) is 2.18. The van der Waals surface area contributed by atoms with Gasteiger partial charge in [-0.2, -0.15) is 0 Å². The molecular weight excluding hydrogens is 469 g/mol. The first kappa shape index (κ1) is 24.5. The molecule has 7 nitrogen and oxygen atoms in total. The molecule has 1 unspecified atom stereocenters. The van der Waals surface area contributed by atoms with Crippen LogP contribution < -0.4 is 21.3 Å². The Kier molecular flexibility index (Phi) is 10.6. The summed E-state index contributed by atoms with van der Waals surface area (Å²) in [6, 6.07) is 7.63. The molecule has 0 radical (unpaired) electrons. The van der Waals surface area contributed by atoms with Crippen molar-refractivity contribution in [2.45, 2.75) is 58.7 Å². The second-order valence-electron chi connectivity index (χ2n) is 7.40. The largest absolute Gasteiger partial charge is 0.373 e. The third-order valence-corrected chi connectivity index (χ3v) is 4.33. The molecule has 8 heteroatoms. The standard InChI is InChI=1S/C20H33N5O2.HI/c1-5-21-18(23-14-20(4)11-6-12-27-20)22-13-16-7-9-17(10-8-16)25-19(26)24-15(2)3;/h7-10,15H,5-6,11-14H2,1-4H3,(H2,21,22,23)(H2,24,25,26);1H. The highest BCUT2D eigenvalue weighted by atomic mass is 127. The normalized spacial score (nSPS) is 19.1. The van der Waals surface area contributed by atoms with Gasteiger partial charge in [-0.1, -0.05) is 12.1 Å². The molecule has 4 N–H and O–H groups in total. The van der Waals surface area contributed by atoms with Crippen LogP contribution in [0.5, 0.6) is 0 Å². The average molecular weight is 503 g/mol. The number of nitrogens with one attached hydrogen (secondary N) is 4. The van der Waals surface area contributed by atoms with Crippen molar-refractivity contribution < 1.29 is 9.53 Å². The van der Waals surface area contributed by atoms with Crippen molar-refractivity contribution in [1.29, 1.82) is 0 Å². The van der Waals surface area contributed by atoms with Crippen molar-refractivity contribution >= 4 is 41.7 Å². The molecule has 1 aliphatic rings. The number of halogens is 1. The van der Waals surface area contributed by atoms with Gasteiger partial charge in [-0.15, -0.1) is 24.0 Å². The Labute approximate surface area is 185 Å². The van der Waals surface area contributed by atoms with Gasteiger partial charge in [-0.05, 0) is 58.2 Å². The van der Waals surface area contributed by atoms with Gasteiger partial charge in [-0.25, -0.2) is 9.79 Å². The first-order valence-electron chi connectivity index (χ1n) is 9.73. The van der Waals surface area contributed by atoms with E-state index >= 15 is 0 Å². The van der Waals surface area contributed by atoms with Crippen molar-refractivity contribution in [3.63, 3.8) is 0 Å². The minimum atomic E-state index is -0.197. The van der Waals surface area contributed by atoms with Crippen molar-refractivity contribution in [2.24, 2.45) is 4.99 Å². The van der Waals surface area contributed by atoms with E-state index in [2.05, 4.69) is 33.2 Å². The molecule has 2 rings (SSSR count). The Morgan fingerprint density at radius 1 is 1.25 bits per heavy atom. The van der Waals surface area contributed by atoms with Crippen molar-refractivity contribution in [2.75, 3.05) is 25.0 Å². The summed E-state index contributed by atoms with van der Waals surface area (Å²) < 4.78 is 5.82. The predicted octanol–water partition coefficient (Wildman–Crippen LogP) is 3.46. The number of benzene rings is 1. The molecule has 1 aromatic carbocycles. The van der Waals surface area contributed by atoms with Crippen LogP contribution >= 0.6 is 24.0 Å². The zero-order valence-electron chi connectivity index (χ0n) is 17.3. The van der Waals surface area contributed by atoms with Gasteiger partial charge in [0.2, 0.25) is 0 Å². The maximum absolute atomic E-state index is 11.7. The van der Waals surface area contributed by atoms with Gasteiger partial charge in [0, 0.05) is 31.4 Å². The first-order valence-corrected chi connectivity index (χ1v) is 9.73. The van der Waals surface area contributed by atoms with E-state index in [1.54, 1.807) is 0 Å². The topological polar surface area (TPSA) is 86.8 Å². The molecule has 1 saturated heterocycles. The van der Waals surface area contributed by atoms with Gasteiger partial charge in [0.25, 0.3) is 0 Å². The quantitative estimate of drug-likeness (QED) is 0.261. The van der Waals surface area contributed by atoms with Crippen molar-refractivity contribution in [3.8, 4) is 0 Å². The fourth-order valence-electron chi connectivity index (χ4n) is 2.88. The number of ether oxygens (including phenoxy) is 1. The van der Waals surface area contributed by atoms with Gasteiger partial charge in [0.1, 0.15) is 0 Å². The number of nitrogens with zero attached hydrogens (tertiary/aromatic N) is 1. The SMILES string of the molecule is CCNC(=NCc1ccc(NC(=O)NC(C)C)cc1)NCC1(C)CCCO1.I. The highest BCUT2D eigenvalue weighted by Crippen LogP contribution is 2.23. The van der Waals surface area contributed by atoms with Crippen molar-refractivity contribution in [1.82, 2.24) is 16.0 Å². The summed E-state index contributed by atoms with van der Waals surface area (Å²) in [6.45, 7) is 11.0. The second kappa shape index (κ2) is 12.1. The van der Waals surface area contributed by atoms with E-state index in [0.29, 0.717) is 6.54 Å². The molecular formula is C20H34IN5O2. The molecule has 1 aromatic rings. The fraction of sp³-hybridized carbons (Fsp3) is 0.600. The molecule has 158 valence electrons. The summed E-state index contributed by atoms with van der Waals surface area (Å²) in [5.41, 5.74) is 1.72. The lowest BCUT2D eigenvalue weighted by Gasteiger charge is -2.24. The molecule has 0 spiro atoms. The van der Waals surface area contributed by atoms with Crippen LogP contribution in [0.25, 0.3) is 0 Å². The third-order valence-electron chi connectivity index (χ3n) is 4.33. The lowest BCUT2D eigenvalue weighted by Crippen LogP contribution is -2.45. The number of aliphatic imine (C=N–C) groups is 1. The van der Waals surface area contributed by atoms with E-state index in [-0.39, 0.29) is 41.7 Å². The lowest BCUT2D eigenvalue weighted by molar-refractivity contribution is 0.0243. The van der Waals surface area contributed by atoms with E-state index in [9.17, 15) is 4.79 Å². The summed E-state index contributed by atoms with van der Waals surface area (Å²) in [5, 5.41) is 12.3. The second-order valence-corrected chi connectivity index (χ2v) is 7.40. The number of hydrogen-bond donors (Lipinski definition) is 4.